The van der Waals surface area contributed by atoms with Gasteiger partial charge in [0.05, 0.1) is 0 Å². The summed E-state index contributed by atoms with van der Waals surface area (Å²) in [6.45, 7) is 4.36. The highest BCUT2D eigenvalue weighted by atomic mass is 32.1. The summed E-state index contributed by atoms with van der Waals surface area (Å²) >= 11 is 1.58. The first kappa shape index (κ1) is 13.6. The molecule has 0 atom stereocenters. The van der Waals surface area contributed by atoms with Crippen LogP contribution in [-0.4, -0.2) is 15.2 Å². The van der Waals surface area contributed by atoms with E-state index in [0.717, 1.165) is 39.8 Å². The van der Waals surface area contributed by atoms with E-state index >= 15 is 0 Å². The van der Waals surface area contributed by atoms with Gasteiger partial charge < -0.3 is 15.5 Å². The molecule has 0 unspecified atom stereocenters. The highest BCUT2D eigenvalue weighted by molar-refractivity contribution is 7.08. The Bertz CT molecular complexity index is 763. The van der Waals surface area contributed by atoms with Crippen LogP contribution in [0, 0.1) is 13.8 Å². The van der Waals surface area contributed by atoms with E-state index in [1.807, 2.05) is 42.8 Å². The number of thiophene rings is 1. The number of nitrogens with zero attached hydrogens (tertiary/aromatic N) is 2. The first-order valence-corrected chi connectivity index (χ1v) is 7.51. The van der Waals surface area contributed by atoms with Gasteiger partial charge in [0.25, 0.3) is 0 Å². The zero-order chi connectivity index (χ0) is 14.8. The van der Waals surface area contributed by atoms with Crippen LogP contribution in [0.15, 0.2) is 29.0 Å². The van der Waals surface area contributed by atoms with Crippen LogP contribution in [0.1, 0.15) is 17.0 Å². The third kappa shape index (κ3) is 2.90. The number of rotatable bonds is 4. The zero-order valence-corrected chi connectivity index (χ0v) is 12.7. The summed E-state index contributed by atoms with van der Waals surface area (Å²) in [5.74, 6) is 2.36. The van der Waals surface area contributed by atoms with Crippen LogP contribution in [0.5, 0.6) is 5.75 Å². The van der Waals surface area contributed by atoms with E-state index in [1.54, 1.807) is 11.3 Å². The lowest BCUT2D eigenvalue weighted by molar-refractivity contribution is 0.305. The minimum absolute atomic E-state index is 0.467. The number of hydrogen-bond donors (Lipinski definition) is 2. The van der Waals surface area contributed by atoms with E-state index in [1.165, 1.54) is 0 Å². The predicted octanol–water partition coefficient (Wildman–Crippen LogP) is 3.31. The number of nitrogens with two attached hydrogens (primary N) is 1. The van der Waals surface area contributed by atoms with Gasteiger partial charge in [-0.25, -0.2) is 0 Å². The number of anilines is 1. The van der Waals surface area contributed by atoms with Crippen molar-refractivity contribution in [2.45, 2.75) is 20.5 Å². The van der Waals surface area contributed by atoms with E-state index in [2.05, 4.69) is 15.2 Å². The number of H-pyrrole nitrogens is 1. The number of benzene rings is 1. The molecule has 0 aliphatic carbocycles. The molecule has 0 aliphatic rings. The Kier molecular flexibility index (Phi) is 3.62. The van der Waals surface area contributed by atoms with Crippen LogP contribution in [0.4, 0.5) is 5.69 Å². The molecule has 0 aliphatic heterocycles. The molecule has 0 radical (unpaired) electrons. The van der Waals surface area contributed by atoms with Crippen molar-refractivity contribution in [1.29, 1.82) is 0 Å². The molecule has 1 aromatic carbocycles. The molecule has 3 N–H and O–H groups in total. The fourth-order valence-electron chi connectivity index (χ4n) is 1.99. The van der Waals surface area contributed by atoms with E-state index in [-0.39, 0.29) is 0 Å². The molecule has 0 bridgehead atoms. The summed E-state index contributed by atoms with van der Waals surface area (Å²) in [6, 6.07) is 5.98. The molecule has 0 amide bonds. The Morgan fingerprint density at radius 1 is 1.24 bits per heavy atom. The van der Waals surface area contributed by atoms with Gasteiger partial charge in [0, 0.05) is 22.2 Å². The van der Waals surface area contributed by atoms with Gasteiger partial charge in [-0.1, -0.05) is 12.1 Å². The summed E-state index contributed by atoms with van der Waals surface area (Å²) in [5, 5.41) is 12.0. The van der Waals surface area contributed by atoms with Crippen molar-refractivity contribution in [3.8, 4) is 17.1 Å². The molecule has 2 aromatic heterocycles. The highest BCUT2D eigenvalue weighted by Crippen LogP contribution is 2.27. The van der Waals surface area contributed by atoms with E-state index in [0.29, 0.717) is 6.61 Å². The van der Waals surface area contributed by atoms with Crippen LogP contribution < -0.4 is 10.5 Å². The van der Waals surface area contributed by atoms with Crippen LogP contribution in [-0.2, 0) is 6.61 Å². The zero-order valence-electron chi connectivity index (χ0n) is 11.9. The quantitative estimate of drug-likeness (QED) is 0.775. The van der Waals surface area contributed by atoms with Crippen molar-refractivity contribution in [2.24, 2.45) is 0 Å². The van der Waals surface area contributed by atoms with E-state index in [4.69, 9.17) is 10.5 Å². The topological polar surface area (TPSA) is 76.8 Å². The molecule has 3 aromatic rings. The molecule has 0 spiro atoms. The molecule has 108 valence electrons. The number of nitrogens with one attached hydrogen (secondary N) is 1. The Morgan fingerprint density at radius 3 is 2.76 bits per heavy atom. The van der Waals surface area contributed by atoms with Gasteiger partial charge >= 0.3 is 0 Å². The number of aromatic nitrogens is 3. The molecule has 0 saturated carbocycles. The average Bonchev–Trinajstić information content (AvgIpc) is 3.07. The van der Waals surface area contributed by atoms with Crippen LogP contribution in [0.3, 0.4) is 0 Å². The van der Waals surface area contributed by atoms with Crippen molar-refractivity contribution in [3.63, 3.8) is 0 Å². The highest BCUT2D eigenvalue weighted by Gasteiger charge is 2.08. The van der Waals surface area contributed by atoms with Crippen molar-refractivity contribution >= 4 is 17.0 Å². The minimum atomic E-state index is 0.467. The SMILES string of the molecule is Cc1nnc(-c2ccc(C)c(OCc3cscc3N)c2)[nH]1. The monoisotopic (exact) mass is 300 g/mol. The first-order chi connectivity index (χ1) is 10.1. The summed E-state index contributed by atoms with van der Waals surface area (Å²) in [7, 11) is 0. The maximum absolute atomic E-state index is 5.90. The second-order valence-corrected chi connectivity index (χ2v) is 5.62. The lowest BCUT2D eigenvalue weighted by Crippen LogP contribution is -1.99. The Labute approximate surface area is 126 Å². The fraction of sp³-hybridized carbons (Fsp3) is 0.200. The number of ether oxygens (including phenoxy) is 1. The number of hydrogen-bond acceptors (Lipinski definition) is 5. The molecular formula is C15H16N4OS. The standard InChI is InChI=1S/C15H16N4OS/c1-9-3-4-11(15-17-10(2)18-19-15)5-14(9)20-6-12-7-21-8-13(12)16/h3-5,7-8H,6,16H2,1-2H3,(H,17,18,19). The second-order valence-electron chi connectivity index (χ2n) is 4.88. The molecule has 0 saturated heterocycles. The van der Waals surface area contributed by atoms with Crippen LogP contribution >= 0.6 is 11.3 Å². The molecule has 3 rings (SSSR count). The normalized spacial score (nSPS) is 10.8. The second kappa shape index (κ2) is 5.57. The molecule has 2 heterocycles. The van der Waals surface area contributed by atoms with Crippen molar-refractivity contribution in [3.05, 3.63) is 45.9 Å². The lowest BCUT2D eigenvalue weighted by Gasteiger charge is -2.10. The van der Waals surface area contributed by atoms with Crippen molar-refractivity contribution in [1.82, 2.24) is 15.2 Å². The van der Waals surface area contributed by atoms with Crippen molar-refractivity contribution < 1.29 is 4.74 Å². The smallest absolute Gasteiger partial charge is 0.161 e. The van der Waals surface area contributed by atoms with Gasteiger partial charge in [0.15, 0.2) is 5.82 Å². The van der Waals surface area contributed by atoms with Crippen LogP contribution in [0.25, 0.3) is 11.4 Å². The summed E-state index contributed by atoms with van der Waals surface area (Å²) in [4.78, 5) is 3.12. The Hall–Kier alpha value is -2.34. The summed E-state index contributed by atoms with van der Waals surface area (Å²) < 4.78 is 5.90. The number of aromatic amines is 1. The third-order valence-corrected chi connectivity index (χ3v) is 4.03. The fourth-order valence-corrected chi connectivity index (χ4v) is 2.72. The van der Waals surface area contributed by atoms with Gasteiger partial charge in [0.1, 0.15) is 18.2 Å². The lowest BCUT2D eigenvalue weighted by atomic mass is 10.1. The van der Waals surface area contributed by atoms with Gasteiger partial charge in [-0.2, -0.15) is 0 Å². The van der Waals surface area contributed by atoms with Gasteiger partial charge in [0.2, 0.25) is 0 Å². The van der Waals surface area contributed by atoms with Crippen molar-refractivity contribution in [2.75, 3.05) is 5.73 Å². The Morgan fingerprint density at radius 2 is 2.10 bits per heavy atom. The first-order valence-electron chi connectivity index (χ1n) is 6.57. The van der Waals surface area contributed by atoms with Crippen LogP contribution in [0.2, 0.25) is 0 Å². The maximum Gasteiger partial charge on any atom is 0.161 e. The van der Waals surface area contributed by atoms with Gasteiger partial charge in [-0.05, 0) is 30.9 Å². The van der Waals surface area contributed by atoms with E-state index < -0.39 is 0 Å². The predicted molar refractivity (Wildman–Crippen MR) is 84.4 cm³/mol. The van der Waals surface area contributed by atoms with Gasteiger partial charge in [-0.3, -0.25) is 0 Å². The summed E-state index contributed by atoms with van der Waals surface area (Å²) in [6.07, 6.45) is 0. The molecule has 21 heavy (non-hydrogen) atoms. The van der Waals surface area contributed by atoms with Gasteiger partial charge in [-0.15, -0.1) is 21.5 Å². The number of nitrogen functional groups attached to an aromatic ring is 1. The van der Waals surface area contributed by atoms with E-state index in [9.17, 15) is 0 Å². The third-order valence-electron chi connectivity index (χ3n) is 3.22. The average molecular weight is 300 g/mol. The molecule has 0 fully saturated rings. The molecule has 6 heteroatoms. The maximum atomic E-state index is 5.90. The largest absolute Gasteiger partial charge is 0.489 e. The Balaban J connectivity index is 1.83. The molecular weight excluding hydrogens is 284 g/mol. The number of aryl methyl sites for hydroxylation is 2. The molecule has 5 nitrogen and oxygen atoms in total. The summed E-state index contributed by atoms with van der Waals surface area (Å²) in [5.41, 5.74) is 9.69. The minimum Gasteiger partial charge on any atom is -0.489 e.